The Morgan fingerprint density at radius 2 is 2.29 bits per heavy atom. The van der Waals surface area contributed by atoms with E-state index in [9.17, 15) is 0 Å². The van der Waals surface area contributed by atoms with Crippen LogP contribution in [0, 0.1) is 0 Å². The lowest BCUT2D eigenvalue weighted by Gasteiger charge is -2.25. The summed E-state index contributed by atoms with van der Waals surface area (Å²) in [5.74, 6) is 3.17. The van der Waals surface area contributed by atoms with Crippen molar-refractivity contribution >= 4 is 11.6 Å². The van der Waals surface area contributed by atoms with Crippen LogP contribution in [0.1, 0.15) is 25.5 Å². The van der Waals surface area contributed by atoms with Crippen molar-refractivity contribution in [1.82, 2.24) is 9.97 Å². The normalized spacial score (nSPS) is 14.0. The molecule has 1 aliphatic carbocycles. The lowest BCUT2D eigenvalue weighted by atomic mass is 10.3. The second kappa shape index (κ2) is 6.03. The molecule has 21 heavy (non-hydrogen) atoms. The minimum absolute atomic E-state index is 0.494. The molecule has 0 bridgehead atoms. The highest BCUT2D eigenvalue weighted by molar-refractivity contribution is 5.65. The summed E-state index contributed by atoms with van der Waals surface area (Å²) in [5.41, 5.74) is 0. The summed E-state index contributed by atoms with van der Waals surface area (Å²) in [6.07, 6.45) is 5.61. The molecule has 1 N–H and O–H groups in total. The maximum absolute atomic E-state index is 5.55. The van der Waals surface area contributed by atoms with E-state index in [4.69, 9.17) is 9.15 Å². The molecule has 0 unspecified atom stereocenters. The van der Waals surface area contributed by atoms with Crippen LogP contribution in [0.15, 0.2) is 29.1 Å². The highest BCUT2D eigenvalue weighted by Crippen LogP contribution is 2.39. The van der Waals surface area contributed by atoms with Crippen molar-refractivity contribution < 1.29 is 9.15 Å². The van der Waals surface area contributed by atoms with Crippen molar-refractivity contribution in [3.63, 3.8) is 0 Å². The lowest BCUT2D eigenvalue weighted by molar-refractivity contribution is 0.410. The second-order valence-corrected chi connectivity index (χ2v) is 5.05. The summed E-state index contributed by atoms with van der Waals surface area (Å²) in [5, 5.41) is 3.21. The first-order chi connectivity index (χ1) is 10.3. The Balaban J connectivity index is 1.93. The molecule has 112 valence electrons. The summed E-state index contributed by atoms with van der Waals surface area (Å²) in [6, 6.07) is 4.38. The average Bonchev–Trinajstić information content (AvgIpc) is 3.21. The molecule has 0 aromatic carbocycles. The van der Waals surface area contributed by atoms with Crippen LogP contribution in [0.2, 0.25) is 0 Å². The number of ether oxygens (including phenoxy) is 1. The van der Waals surface area contributed by atoms with Crippen molar-refractivity contribution in [2.24, 2.45) is 0 Å². The molecule has 3 rings (SSSR count). The summed E-state index contributed by atoms with van der Waals surface area (Å²) < 4.78 is 11.0. The van der Waals surface area contributed by atoms with Crippen molar-refractivity contribution in [2.75, 3.05) is 23.9 Å². The first-order valence-electron chi connectivity index (χ1n) is 7.25. The summed E-state index contributed by atoms with van der Waals surface area (Å²) in [4.78, 5) is 10.9. The van der Waals surface area contributed by atoms with Crippen molar-refractivity contribution in [3.05, 3.63) is 30.5 Å². The Labute approximate surface area is 124 Å². The molecule has 0 aliphatic heterocycles. The van der Waals surface area contributed by atoms with E-state index in [0.717, 1.165) is 23.9 Å². The van der Waals surface area contributed by atoms with Gasteiger partial charge in [0.05, 0.1) is 19.9 Å². The lowest BCUT2D eigenvalue weighted by Crippen LogP contribution is -2.26. The standard InChI is InChI=1S/C15H20N4O2/c1-3-16-14-13(20-2)15(18-10-17-14)19(11-6-7-11)9-12-5-4-8-21-12/h4-5,8,10-11H,3,6-7,9H2,1-2H3,(H,16,17,18). The van der Waals surface area contributed by atoms with Crippen LogP contribution in [0.5, 0.6) is 5.75 Å². The van der Waals surface area contributed by atoms with Crippen molar-refractivity contribution in [1.29, 1.82) is 0 Å². The molecular weight excluding hydrogens is 268 g/mol. The smallest absolute Gasteiger partial charge is 0.204 e. The third kappa shape index (κ3) is 2.94. The van der Waals surface area contributed by atoms with Crippen LogP contribution < -0.4 is 15.0 Å². The van der Waals surface area contributed by atoms with Crippen LogP contribution >= 0.6 is 0 Å². The van der Waals surface area contributed by atoms with Gasteiger partial charge in [-0.1, -0.05) is 0 Å². The molecule has 0 amide bonds. The van der Waals surface area contributed by atoms with E-state index in [1.165, 1.54) is 12.8 Å². The fourth-order valence-electron chi connectivity index (χ4n) is 2.38. The van der Waals surface area contributed by atoms with E-state index < -0.39 is 0 Å². The van der Waals surface area contributed by atoms with E-state index in [-0.39, 0.29) is 0 Å². The van der Waals surface area contributed by atoms with Gasteiger partial charge in [0.15, 0.2) is 11.6 Å². The number of furan rings is 1. The molecule has 1 aliphatic rings. The Morgan fingerprint density at radius 3 is 2.90 bits per heavy atom. The molecule has 0 saturated heterocycles. The van der Waals surface area contributed by atoms with E-state index in [2.05, 4.69) is 20.2 Å². The number of nitrogens with zero attached hydrogens (tertiary/aromatic N) is 3. The Morgan fingerprint density at radius 1 is 1.43 bits per heavy atom. The first kappa shape index (κ1) is 13.7. The molecule has 2 heterocycles. The number of methoxy groups -OCH3 is 1. The van der Waals surface area contributed by atoms with Gasteiger partial charge in [0.1, 0.15) is 12.1 Å². The second-order valence-electron chi connectivity index (χ2n) is 5.05. The third-order valence-electron chi connectivity index (χ3n) is 3.50. The van der Waals surface area contributed by atoms with Crippen LogP contribution in [0.4, 0.5) is 11.6 Å². The Kier molecular flexibility index (Phi) is 3.94. The number of aromatic nitrogens is 2. The Bertz CT molecular complexity index is 581. The number of hydrogen-bond donors (Lipinski definition) is 1. The van der Waals surface area contributed by atoms with Crippen molar-refractivity contribution in [2.45, 2.75) is 32.4 Å². The average molecular weight is 288 g/mol. The molecule has 2 aromatic rings. The first-order valence-corrected chi connectivity index (χ1v) is 7.25. The zero-order valence-electron chi connectivity index (χ0n) is 12.4. The van der Waals surface area contributed by atoms with E-state index in [1.807, 2.05) is 19.1 Å². The predicted molar refractivity (Wildman–Crippen MR) is 80.7 cm³/mol. The van der Waals surface area contributed by atoms with Crippen LogP contribution in [0.25, 0.3) is 0 Å². The zero-order valence-corrected chi connectivity index (χ0v) is 12.4. The molecule has 1 saturated carbocycles. The number of rotatable bonds is 7. The number of hydrogen-bond acceptors (Lipinski definition) is 6. The fourth-order valence-corrected chi connectivity index (χ4v) is 2.38. The van der Waals surface area contributed by atoms with Gasteiger partial charge in [-0.15, -0.1) is 0 Å². The van der Waals surface area contributed by atoms with Gasteiger partial charge >= 0.3 is 0 Å². The van der Waals surface area contributed by atoms with Gasteiger partial charge in [-0.05, 0) is 31.9 Å². The molecule has 0 spiro atoms. The summed E-state index contributed by atoms with van der Waals surface area (Å²) in [6.45, 7) is 3.51. The van der Waals surface area contributed by atoms with Gasteiger partial charge in [0, 0.05) is 12.6 Å². The number of anilines is 2. The van der Waals surface area contributed by atoms with Crippen LogP contribution in [0.3, 0.4) is 0 Å². The van der Waals surface area contributed by atoms with E-state index in [1.54, 1.807) is 19.7 Å². The summed E-state index contributed by atoms with van der Waals surface area (Å²) in [7, 11) is 1.65. The minimum Gasteiger partial charge on any atom is -0.490 e. The molecule has 1 fully saturated rings. The largest absolute Gasteiger partial charge is 0.490 e. The van der Waals surface area contributed by atoms with Gasteiger partial charge < -0.3 is 19.4 Å². The maximum Gasteiger partial charge on any atom is 0.204 e. The van der Waals surface area contributed by atoms with E-state index >= 15 is 0 Å². The quantitative estimate of drug-likeness (QED) is 0.845. The van der Waals surface area contributed by atoms with Gasteiger partial charge in [0.2, 0.25) is 5.75 Å². The molecule has 0 atom stereocenters. The zero-order chi connectivity index (χ0) is 14.7. The topological polar surface area (TPSA) is 63.4 Å². The summed E-state index contributed by atoms with van der Waals surface area (Å²) >= 11 is 0. The minimum atomic E-state index is 0.494. The SMILES string of the molecule is CCNc1ncnc(N(Cc2ccco2)C2CC2)c1OC. The van der Waals surface area contributed by atoms with Gasteiger partial charge in [0.25, 0.3) is 0 Å². The fraction of sp³-hybridized carbons (Fsp3) is 0.467. The highest BCUT2D eigenvalue weighted by Gasteiger charge is 2.33. The van der Waals surface area contributed by atoms with Gasteiger partial charge in [-0.2, -0.15) is 0 Å². The Hall–Kier alpha value is -2.24. The van der Waals surface area contributed by atoms with E-state index in [0.29, 0.717) is 18.3 Å². The van der Waals surface area contributed by atoms with Gasteiger partial charge in [-0.3, -0.25) is 0 Å². The molecule has 0 radical (unpaired) electrons. The predicted octanol–water partition coefficient (Wildman–Crippen LogP) is 2.68. The van der Waals surface area contributed by atoms with Crippen LogP contribution in [-0.4, -0.2) is 29.7 Å². The molecule has 6 heteroatoms. The highest BCUT2D eigenvalue weighted by atomic mass is 16.5. The monoisotopic (exact) mass is 288 g/mol. The van der Waals surface area contributed by atoms with Crippen molar-refractivity contribution in [3.8, 4) is 5.75 Å². The number of nitrogens with one attached hydrogen (secondary N) is 1. The van der Waals surface area contributed by atoms with Gasteiger partial charge in [-0.25, -0.2) is 9.97 Å². The van der Waals surface area contributed by atoms with Crippen LogP contribution in [-0.2, 0) is 6.54 Å². The third-order valence-corrected chi connectivity index (χ3v) is 3.50. The molecular formula is C15H20N4O2. The molecule has 2 aromatic heterocycles. The molecule has 6 nitrogen and oxygen atoms in total. The maximum atomic E-state index is 5.55.